The highest BCUT2D eigenvalue weighted by molar-refractivity contribution is 6.76. The van der Waals surface area contributed by atoms with Crippen LogP contribution in [0.1, 0.15) is 54.4 Å². The van der Waals surface area contributed by atoms with Crippen molar-refractivity contribution in [1.29, 1.82) is 0 Å². The van der Waals surface area contributed by atoms with Crippen molar-refractivity contribution in [1.82, 2.24) is 10.2 Å². The molecule has 0 aliphatic carbocycles. The van der Waals surface area contributed by atoms with Gasteiger partial charge in [-0.3, -0.25) is 9.69 Å². The molecule has 230 valence electrons. The van der Waals surface area contributed by atoms with Crippen LogP contribution in [0.4, 0.5) is 0 Å². The smallest absolute Gasteiger partial charge is 0.272 e. The van der Waals surface area contributed by atoms with Crippen LogP contribution < -0.4 is 5.32 Å². The molecule has 43 heavy (non-hydrogen) atoms. The summed E-state index contributed by atoms with van der Waals surface area (Å²) in [4.78, 5) is 14.4. The number of aliphatic hydroxyl groups is 2. The highest BCUT2D eigenvalue weighted by Gasteiger charge is 2.40. The molecule has 2 fully saturated rings. The molecule has 10 heteroatoms. The summed E-state index contributed by atoms with van der Waals surface area (Å²) in [5, 5.41) is 22.1. The largest absolute Gasteiger partial charge is 0.395 e. The lowest BCUT2D eigenvalue weighted by Crippen LogP contribution is -2.46. The molecule has 7 nitrogen and oxygen atoms in total. The third kappa shape index (κ3) is 7.72. The normalized spacial score (nSPS) is 24.7. The first-order valence-electron chi connectivity index (χ1n) is 14.6. The Hall–Kier alpha value is -2.20. The van der Waals surface area contributed by atoms with Crippen LogP contribution in [0.15, 0.2) is 72.8 Å². The number of amides is 1. The number of carbonyl (C=O) groups excluding carboxylic acids is 1. The molecule has 2 aliphatic heterocycles. The number of carbonyl (C=O) groups is 1. The van der Waals surface area contributed by atoms with Crippen molar-refractivity contribution < 1.29 is 24.5 Å². The molecular formula is C33H37Cl3N2O5. The van der Waals surface area contributed by atoms with Crippen LogP contribution in [-0.2, 0) is 27.4 Å². The van der Waals surface area contributed by atoms with Crippen LogP contribution in [0.5, 0.6) is 0 Å². The first-order valence-corrected chi connectivity index (χ1v) is 15.7. The van der Waals surface area contributed by atoms with Gasteiger partial charge in [0.2, 0.25) is 0 Å². The predicted octanol–water partition coefficient (Wildman–Crippen LogP) is 6.08. The van der Waals surface area contributed by atoms with E-state index in [-0.39, 0.29) is 43.9 Å². The summed E-state index contributed by atoms with van der Waals surface area (Å²) in [5.41, 5.74) is 5.56. The Morgan fingerprint density at radius 3 is 2.35 bits per heavy atom. The van der Waals surface area contributed by atoms with E-state index in [0.29, 0.717) is 6.54 Å². The lowest BCUT2D eigenvalue weighted by atomic mass is 9.89. The van der Waals surface area contributed by atoms with Crippen molar-refractivity contribution in [2.45, 2.75) is 61.2 Å². The standard InChI is InChI=1S/C33H37Cl3N2O5/c1-21-29(18-38-16-4-6-27(38)20-40)42-31(43-30(21)24-10-8-22(19-39)9-11-24)25-14-12-23(13-15-25)28-7-3-2-5-26(28)17-37-32(41)33(34,35)36/h2-3,5,7-15,21,27,29-31,39-40H,4,6,16-20H2,1H3,(H,37,41)/t21-,27+,29+,30+,31+/m1/s1. The van der Waals surface area contributed by atoms with Crippen molar-refractivity contribution >= 4 is 40.7 Å². The first-order chi connectivity index (χ1) is 20.7. The Labute approximate surface area is 267 Å². The van der Waals surface area contributed by atoms with E-state index in [9.17, 15) is 15.0 Å². The summed E-state index contributed by atoms with van der Waals surface area (Å²) in [6.07, 6.45) is 1.13. The van der Waals surface area contributed by atoms with Gasteiger partial charge in [0.1, 0.15) is 0 Å². The van der Waals surface area contributed by atoms with Gasteiger partial charge in [0.05, 0.1) is 25.4 Å². The van der Waals surface area contributed by atoms with E-state index in [0.717, 1.165) is 52.8 Å². The predicted molar refractivity (Wildman–Crippen MR) is 169 cm³/mol. The Morgan fingerprint density at radius 1 is 0.977 bits per heavy atom. The van der Waals surface area contributed by atoms with Crippen molar-refractivity contribution in [3.63, 3.8) is 0 Å². The monoisotopic (exact) mass is 646 g/mol. The van der Waals surface area contributed by atoms with E-state index in [1.54, 1.807) is 0 Å². The summed E-state index contributed by atoms with van der Waals surface area (Å²) in [5.74, 6) is -0.622. The summed E-state index contributed by atoms with van der Waals surface area (Å²) >= 11 is 17.1. The fraction of sp³-hybridized carbons (Fsp3) is 0.424. The van der Waals surface area contributed by atoms with E-state index in [1.807, 2.05) is 72.8 Å². The van der Waals surface area contributed by atoms with Gasteiger partial charge in [-0.25, -0.2) is 0 Å². The number of rotatable bonds is 9. The summed E-state index contributed by atoms with van der Waals surface area (Å²) in [6, 6.07) is 23.8. The van der Waals surface area contributed by atoms with Crippen LogP contribution in [0.2, 0.25) is 0 Å². The number of ether oxygens (including phenoxy) is 2. The van der Waals surface area contributed by atoms with E-state index < -0.39 is 16.0 Å². The quantitative estimate of drug-likeness (QED) is 0.244. The minimum Gasteiger partial charge on any atom is -0.395 e. The molecule has 0 radical (unpaired) electrons. The number of benzene rings is 3. The van der Waals surface area contributed by atoms with Gasteiger partial charge >= 0.3 is 0 Å². The van der Waals surface area contributed by atoms with Crippen LogP contribution in [0, 0.1) is 5.92 Å². The fourth-order valence-corrected chi connectivity index (χ4v) is 6.15. The molecule has 3 aromatic carbocycles. The van der Waals surface area contributed by atoms with E-state index in [1.165, 1.54) is 0 Å². The molecule has 0 unspecified atom stereocenters. The van der Waals surface area contributed by atoms with Gasteiger partial charge in [0, 0.05) is 30.6 Å². The number of alkyl halides is 3. The maximum absolute atomic E-state index is 12.1. The van der Waals surface area contributed by atoms with E-state index in [2.05, 4.69) is 17.1 Å². The van der Waals surface area contributed by atoms with Crippen molar-refractivity contribution in [2.24, 2.45) is 5.92 Å². The molecule has 5 atom stereocenters. The number of hydrogen-bond donors (Lipinski definition) is 3. The zero-order valence-electron chi connectivity index (χ0n) is 24.0. The molecule has 3 N–H and O–H groups in total. The third-order valence-electron chi connectivity index (χ3n) is 8.46. The molecule has 0 saturated carbocycles. The third-order valence-corrected chi connectivity index (χ3v) is 8.97. The zero-order chi connectivity index (χ0) is 30.6. The van der Waals surface area contributed by atoms with Crippen LogP contribution in [0.3, 0.4) is 0 Å². The van der Waals surface area contributed by atoms with Gasteiger partial charge in [-0.1, -0.05) is 115 Å². The molecule has 5 rings (SSSR count). The zero-order valence-corrected chi connectivity index (χ0v) is 26.2. The van der Waals surface area contributed by atoms with Gasteiger partial charge in [-0.15, -0.1) is 0 Å². The Bertz CT molecular complexity index is 1370. The fourth-order valence-electron chi connectivity index (χ4n) is 5.95. The molecule has 2 heterocycles. The average molecular weight is 648 g/mol. The molecule has 0 aromatic heterocycles. The molecule has 0 spiro atoms. The highest BCUT2D eigenvalue weighted by atomic mass is 35.6. The molecule has 0 bridgehead atoms. The molecule has 2 saturated heterocycles. The summed E-state index contributed by atoms with van der Waals surface area (Å²) in [6.45, 7) is 4.14. The Balaban J connectivity index is 1.38. The second kappa shape index (κ2) is 14.3. The number of hydrogen-bond acceptors (Lipinski definition) is 6. The second-order valence-corrected chi connectivity index (χ2v) is 13.5. The lowest BCUT2D eigenvalue weighted by Gasteiger charge is -2.43. The number of halogens is 3. The first kappa shape index (κ1) is 32.2. The van der Waals surface area contributed by atoms with Crippen LogP contribution in [0.25, 0.3) is 11.1 Å². The molecule has 3 aromatic rings. The van der Waals surface area contributed by atoms with Crippen molar-refractivity contribution in [2.75, 3.05) is 19.7 Å². The van der Waals surface area contributed by atoms with Gasteiger partial charge < -0.3 is 25.0 Å². The van der Waals surface area contributed by atoms with Gasteiger partial charge in [-0.05, 0) is 47.2 Å². The van der Waals surface area contributed by atoms with Gasteiger partial charge in [-0.2, -0.15) is 0 Å². The van der Waals surface area contributed by atoms with Gasteiger partial charge in [0.15, 0.2) is 6.29 Å². The summed E-state index contributed by atoms with van der Waals surface area (Å²) in [7, 11) is 0. The van der Waals surface area contributed by atoms with Gasteiger partial charge in [0.25, 0.3) is 9.70 Å². The van der Waals surface area contributed by atoms with Crippen molar-refractivity contribution in [3.8, 4) is 11.1 Å². The Kier molecular flexibility index (Phi) is 10.7. The second-order valence-electron chi connectivity index (χ2n) is 11.3. The maximum atomic E-state index is 12.1. The van der Waals surface area contributed by atoms with Crippen LogP contribution >= 0.6 is 34.8 Å². The molecule has 2 aliphatic rings. The lowest BCUT2D eigenvalue weighted by molar-refractivity contribution is -0.276. The molecule has 1 amide bonds. The van der Waals surface area contributed by atoms with Crippen molar-refractivity contribution in [3.05, 3.63) is 95.1 Å². The minimum absolute atomic E-state index is 0.0119. The maximum Gasteiger partial charge on any atom is 0.272 e. The molecular weight excluding hydrogens is 611 g/mol. The highest BCUT2D eigenvalue weighted by Crippen LogP contribution is 2.42. The number of likely N-dealkylation sites (tertiary alicyclic amines) is 1. The number of aliphatic hydroxyl groups excluding tert-OH is 2. The van der Waals surface area contributed by atoms with E-state index in [4.69, 9.17) is 44.3 Å². The van der Waals surface area contributed by atoms with Crippen LogP contribution in [-0.4, -0.2) is 56.7 Å². The topological polar surface area (TPSA) is 91.3 Å². The SMILES string of the molecule is C[C@@H]1[C@H](CN2CCC[C@H]2CO)O[C@H](c2ccc(-c3ccccc3CNC(=O)C(Cl)(Cl)Cl)cc2)O[C@@H]1c1ccc(CO)cc1. The van der Waals surface area contributed by atoms with E-state index >= 15 is 0 Å². The number of nitrogens with one attached hydrogen (secondary N) is 1. The average Bonchev–Trinajstić information content (AvgIpc) is 3.48. The minimum atomic E-state index is -2.03. The summed E-state index contributed by atoms with van der Waals surface area (Å²) < 4.78 is 11.2. The number of nitrogens with zero attached hydrogens (tertiary/aromatic N) is 1. The Morgan fingerprint density at radius 2 is 1.67 bits per heavy atom.